The van der Waals surface area contributed by atoms with Gasteiger partial charge in [-0.1, -0.05) is 6.07 Å². The number of aryl methyl sites for hydroxylation is 1. The third kappa shape index (κ3) is 2.51. The lowest BCUT2D eigenvalue weighted by molar-refractivity contribution is 0.414. The first-order chi connectivity index (χ1) is 8.76. The van der Waals surface area contributed by atoms with Crippen molar-refractivity contribution in [2.45, 2.75) is 13.0 Å². The van der Waals surface area contributed by atoms with Crippen LogP contribution >= 0.6 is 0 Å². The minimum Gasteiger partial charge on any atom is -0.497 e. The van der Waals surface area contributed by atoms with Gasteiger partial charge in [-0.05, 0) is 54.9 Å². The molecule has 1 unspecified atom stereocenters. The van der Waals surface area contributed by atoms with E-state index in [2.05, 4.69) is 29.4 Å². The Morgan fingerprint density at radius 3 is 2.44 bits per heavy atom. The summed E-state index contributed by atoms with van der Waals surface area (Å²) >= 11 is 0. The van der Waals surface area contributed by atoms with Gasteiger partial charge in [0.25, 0.3) is 0 Å². The number of hydrogen-bond acceptors (Lipinski definition) is 3. The average Bonchev–Trinajstić information content (AvgIpc) is 2.42. The summed E-state index contributed by atoms with van der Waals surface area (Å²) in [6.07, 6.45) is 3.64. The Morgan fingerprint density at radius 1 is 1.17 bits per heavy atom. The van der Waals surface area contributed by atoms with Crippen molar-refractivity contribution < 1.29 is 4.74 Å². The van der Waals surface area contributed by atoms with E-state index in [0.29, 0.717) is 0 Å². The molecule has 0 bridgehead atoms. The highest BCUT2D eigenvalue weighted by Crippen LogP contribution is 2.26. The van der Waals surface area contributed by atoms with Gasteiger partial charge in [-0.25, -0.2) is 0 Å². The van der Waals surface area contributed by atoms with Crippen LogP contribution in [0.15, 0.2) is 42.7 Å². The van der Waals surface area contributed by atoms with Gasteiger partial charge in [0.2, 0.25) is 0 Å². The van der Waals surface area contributed by atoms with Crippen molar-refractivity contribution in [1.82, 2.24) is 10.3 Å². The van der Waals surface area contributed by atoms with Crippen molar-refractivity contribution in [3.63, 3.8) is 0 Å². The largest absolute Gasteiger partial charge is 0.497 e. The first kappa shape index (κ1) is 12.6. The first-order valence-corrected chi connectivity index (χ1v) is 5.98. The molecule has 1 atom stereocenters. The number of pyridine rings is 1. The Bertz CT molecular complexity index is 511. The summed E-state index contributed by atoms with van der Waals surface area (Å²) in [7, 11) is 3.65. The van der Waals surface area contributed by atoms with Crippen LogP contribution in [-0.2, 0) is 0 Å². The van der Waals surface area contributed by atoms with E-state index in [-0.39, 0.29) is 6.04 Å². The van der Waals surface area contributed by atoms with Crippen LogP contribution in [0.2, 0.25) is 0 Å². The number of rotatable bonds is 4. The fraction of sp³-hybridized carbons (Fsp3) is 0.267. The Labute approximate surface area is 108 Å². The number of hydrogen-bond donors (Lipinski definition) is 1. The SMILES string of the molecule is CNC(c1ccncc1)c1ccc(OC)cc1C. The molecule has 1 N–H and O–H groups in total. The van der Waals surface area contributed by atoms with Crippen molar-refractivity contribution in [3.05, 3.63) is 59.4 Å². The summed E-state index contributed by atoms with van der Waals surface area (Å²) in [5.41, 5.74) is 3.68. The van der Waals surface area contributed by atoms with E-state index in [1.807, 2.05) is 37.6 Å². The van der Waals surface area contributed by atoms with E-state index >= 15 is 0 Å². The fourth-order valence-corrected chi connectivity index (χ4v) is 2.16. The molecule has 0 aliphatic heterocycles. The minimum atomic E-state index is 0.180. The molecule has 0 saturated heterocycles. The molecule has 2 aromatic rings. The third-order valence-electron chi connectivity index (χ3n) is 3.12. The second-order valence-corrected chi connectivity index (χ2v) is 4.22. The van der Waals surface area contributed by atoms with Crippen LogP contribution in [0.1, 0.15) is 22.7 Å². The molecule has 0 fully saturated rings. The summed E-state index contributed by atoms with van der Waals surface area (Å²) in [5, 5.41) is 3.34. The van der Waals surface area contributed by atoms with Crippen LogP contribution in [-0.4, -0.2) is 19.1 Å². The maximum atomic E-state index is 5.24. The standard InChI is InChI=1S/C15H18N2O/c1-11-10-13(18-3)4-5-14(11)15(16-2)12-6-8-17-9-7-12/h4-10,15-16H,1-3H3. The normalized spacial score (nSPS) is 12.2. The van der Waals surface area contributed by atoms with Gasteiger partial charge >= 0.3 is 0 Å². The zero-order valence-electron chi connectivity index (χ0n) is 11.0. The van der Waals surface area contributed by atoms with Gasteiger partial charge in [0.05, 0.1) is 13.2 Å². The van der Waals surface area contributed by atoms with E-state index in [0.717, 1.165) is 5.75 Å². The molecule has 0 amide bonds. The van der Waals surface area contributed by atoms with Crippen molar-refractivity contribution in [2.75, 3.05) is 14.2 Å². The van der Waals surface area contributed by atoms with Crippen LogP contribution < -0.4 is 10.1 Å². The molecular formula is C15H18N2O. The number of ether oxygens (including phenoxy) is 1. The van der Waals surface area contributed by atoms with Gasteiger partial charge in [-0.2, -0.15) is 0 Å². The van der Waals surface area contributed by atoms with Crippen molar-refractivity contribution in [3.8, 4) is 5.75 Å². The molecule has 1 heterocycles. The Morgan fingerprint density at radius 2 is 1.89 bits per heavy atom. The summed E-state index contributed by atoms with van der Waals surface area (Å²) < 4.78 is 5.24. The Kier molecular flexibility index (Phi) is 3.95. The molecule has 0 saturated carbocycles. The topological polar surface area (TPSA) is 34.2 Å². The predicted molar refractivity (Wildman–Crippen MR) is 72.9 cm³/mol. The molecule has 3 nitrogen and oxygen atoms in total. The van der Waals surface area contributed by atoms with E-state index in [9.17, 15) is 0 Å². The van der Waals surface area contributed by atoms with Crippen LogP contribution in [0.5, 0.6) is 5.75 Å². The molecule has 18 heavy (non-hydrogen) atoms. The summed E-state index contributed by atoms with van der Waals surface area (Å²) in [4.78, 5) is 4.06. The summed E-state index contributed by atoms with van der Waals surface area (Å²) in [5.74, 6) is 0.890. The smallest absolute Gasteiger partial charge is 0.119 e. The maximum absolute atomic E-state index is 5.24. The monoisotopic (exact) mass is 242 g/mol. The summed E-state index contributed by atoms with van der Waals surface area (Å²) in [6.45, 7) is 2.10. The zero-order valence-corrected chi connectivity index (χ0v) is 11.0. The van der Waals surface area contributed by atoms with Crippen LogP contribution in [0, 0.1) is 6.92 Å². The number of benzene rings is 1. The van der Waals surface area contributed by atoms with Gasteiger partial charge in [-0.3, -0.25) is 4.98 Å². The van der Waals surface area contributed by atoms with E-state index in [4.69, 9.17) is 4.74 Å². The molecule has 1 aromatic heterocycles. The minimum absolute atomic E-state index is 0.180. The van der Waals surface area contributed by atoms with Gasteiger partial charge < -0.3 is 10.1 Å². The molecule has 94 valence electrons. The zero-order chi connectivity index (χ0) is 13.0. The van der Waals surface area contributed by atoms with Gasteiger partial charge in [-0.15, -0.1) is 0 Å². The number of nitrogens with one attached hydrogen (secondary N) is 1. The quantitative estimate of drug-likeness (QED) is 0.895. The lowest BCUT2D eigenvalue weighted by Crippen LogP contribution is -2.18. The highest BCUT2D eigenvalue weighted by Gasteiger charge is 2.14. The molecule has 0 radical (unpaired) electrons. The lowest BCUT2D eigenvalue weighted by Gasteiger charge is -2.19. The van der Waals surface area contributed by atoms with Gasteiger partial charge in [0.15, 0.2) is 0 Å². The highest BCUT2D eigenvalue weighted by molar-refractivity contribution is 5.40. The number of aromatic nitrogens is 1. The van der Waals surface area contributed by atoms with Crippen LogP contribution in [0.3, 0.4) is 0 Å². The summed E-state index contributed by atoms with van der Waals surface area (Å²) in [6, 6.07) is 10.4. The lowest BCUT2D eigenvalue weighted by atomic mass is 9.95. The predicted octanol–water partition coefficient (Wildman–Crippen LogP) is 2.71. The van der Waals surface area contributed by atoms with Crippen LogP contribution in [0.25, 0.3) is 0 Å². The highest BCUT2D eigenvalue weighted by atomic mass is 16.5. The van der Waals surface area contributed by atoms with Crippen molar-refractivity contribution in [1.29, 1.82) is 0 Å². The molecule has 2 rings (SSSR count). The van der Waals surface area contributed by atoms with E-state index in [1.165, 1.54) is 16.7 Å². The molecular weight excluding hydrogens is 224 g/mol. The van der Waals surface area contributed by atoms with Crippen molar-refractivity contribution in [2.24, 2.45) is 0 Å². The van der Waals surface area contributed by atoms with E-state index < -0.39 is 0 Å². The third-order valence-corrected chi connectivity index (χ3v) is 3.12. The Hall–Kier alpha value is -1.87. The average molecular weight is 242 g/mol. The second-order valence-electron chi connectivity index (χ2n) is 4.22. The van der Waals surface area contributed by atoms with Crippen molar-refractivity contribution >= 4 is 0 Å². The molecule has 0 spiro atoms. The molecule has 1 aromatic carbocycles. The van der Waals surface area contributed by atoms with E-state index in [1.54, 1.807) is 7.11 Å². The second kappa shape index (κ2) is 5.65. The van der Waals surface area contributed by atoms with Crippen LogP contribution in [0.4, 0.5) is 0 Å². The Balaban J connectivity index is 2.39. The molecule has 0 aliphatic carbocycles. The fourth-order valence-electron chi connectivity index (χ4n) is 2.16. The molecule has 3 heteroatoms. The van der Waals surface area contributed by atoms with Gasteiger partial charge in [0.1, 0.15) is 5.75 Å². The number of methoxy groups -OCH3 is 1. The maximum Gasteiger partial charge on any atom is 0.119 e. The molecule has 0 aliphatic rings. The number of nitrogens with zero attached hydrogens (tertiary/aromatic N) is 1. The van der Waals surface area contributed by atoms with Gasteiger partial charge in [0, 0.05) is 12.4 Å². The first-order valence-electron chi connectivity index (χ1n) is 5.98.